The summed E-state index contributed by atoms with van der Waals surface area (Å²) >= 11 is 0. The van der Waals surface area contributed by atoms with Gasteiger partial charge < -0.3 is 14.9 Å². The molecule has 2 aliphatic carbocycles. The normalized spacial score (nSPS) is 32.2. The third-order valence-electron chi connectivity index (χ3n) is 5.97. The standard InChI is InChI=1S/C19H26O4/c1-3-5-15-16(20)9-13-8-14-12(10-19(13,15)2)6-4-7-17(14)23-11-18(21)22/h4,6-7,13,15-16,20H,3,5,8-11H2,1-2H3,(H,21,22)/t13-,15-,16+,19-/m0/s1. The number of ether oxygens (including phenoxy) is 1. The average molecular weight is 318 g/mol. The van der Waals surface area contributed by atoms with E-state index in [0.717, 1.165) is 37.7 Å². The van der Waals surface area contributed by atoms with Gasteiger partial charge in [-0.2, -0.15) is 0 Å². The van der Waals surface area contributed by atoms with E-state index in [2.05, 4.69) is 19.9 Å². The molecule has 4 atom stereocenters. The van der Waals surface area contributed by atoms with Gasteiger partial charge in [0.25, 0.3) is 0 Å². The van der Waals surface area contributed by atoms with Gasteiger partial charge in [-0.05, 0) is 60.1 Å². The Morgan fingerprint density at radius 3 is 2.91 bits per heavy atom. The largest absolute Gasteiger partial charge is 0.482 e. The van der Waals surface area contributed by atoms with Crippen LogP contribution in [-0.4, -0.2) is 28.9 Å². The predicted molar refractivity (Wildman–Crippen MR) is 87.6 cm³/mol. The summed E-state index contributed by atoms with van der Waals surface area (Å²) in [6.45, 7) is 4.19. The molecule has 0 radical (unpaired) electrons. The van der Waals surface area contributed by atoms with Gasteiger partial charge in [-0.1, -0.05) is 32.4 Å². The van der Waals surface area contributed by atoms with Crippen molar-refractivity contribution in [1.82, 2.24) is 0 Å². The van der Waals surface area contributed by atoms with E-state index in [-0.39, 0.29) is 18.1 Å². The third kappa shape index (κ3) is 2.85. The summed E-state index contributed by atoms with van der Waals surface area (Å²) < 4.78 is 5.49. The maximum absolute atomic E-state index is 10.8. The van der Waals surface area contributed by atoms with E-state index in [9.17, 15) is 9.90 Å². The number of aliphatic hydroxyl groups excluding tert-OH is 1. The molecule has 0 saturated heterocycles. The molecule has 0 spiro atoms. The molecule has 3 rings (SSSR count). The minimum absolute atomic E-state index is 0.133. The molecule has 4 heteroatoms. The van der Waals surface area contributed by atoms with Gasteiger partial charge in [-0.25, -0.2) is 4.79 Å². The van der Waals surface area contributed by atoms with Crippen LogP contribution in [0.3, 0.4) is 0 Å². The van der Waals surface area contributed by atoms with Crippen molar-refractivity contribution < 1.29 is 19.7 Å². The SMILES string of the molecule is CCC[C@H]1[C@H](O)C[C@@H]2Cc3c(cccc3OCC(=O)O)C[C@@]21C. The van der Waals surface area contributed by atoms with Crippen LogP contribution in [0.1, 0.15) is 44.2 Å². The van der Waals surface area contributed by atoms with Crippen molar-refractivity contribution in [2.24, 2.45) is 17.3 Å². The van der Waals surface area contributed by atoms with Gasteiger partial charge in [-0.3, -0.25) is 0 Å². The molecule has 4 nitrogen and oxygen atoms in total. The first-order valence-electron chi connectivity index (χ1n) is 8.59. The van der Waals surface area contributed by atoms with Crippen LogP contribution in [0.2, 0.25) is 0 Å². The molecule has 0 bridgehead atoms. The van der Waals surface area contributed by atoms with E-state index in [1.165, 1.54) is 5.56 Å². The second kappa shape index (κ2) is 6.16. The molecule has 0 aromatic heterocycles. The van der Waals surface area contributed by atoms with E-state index >= 15 is 0 Å². The highest BCUT2D eigenvalue weighted by Crippen LogP contribution is 2.56. The van der Waals surface area contributed by atoms with Crippen molar-refractivity contribution in [3.63, 3.8) is 0 Å². The Labute approximate surface area is 137 Å². The number of fused-ring (bicyclic) bond motifs is 2. The molecule has 2 aliphatic rings. The third-order valence-corrected chi connectivity index (χ3v) is 5.97. The van der Waals surface area contributed by atoms with Crippen molar-refractivity contribution in [2.75, 3.05) is 6.61 Å². The predicted octanol–water partition coefficient (Wildman–Crippen LogP) is 3.05. The first-order chi connectivity index (χ1) is 11.0. The molecule has 2 N–H and O–H groups in total. The number of rotatable bonds is 5. The average Bonchev–Trinajstić information content (AvgIpc) is 2.74. The Balaban J connectivity index is 1.89. The van der Waals surface area contributed by atoms with Gasteiger partial charge in [0.1, 0.15) is 5.75 Å². The lowest BCUT2D eigenvalue weighted by molar-refractivity contribution is -0.139. The van der Waals surface area contributed by atoms with Crippen molar-refractivity contribution >= 4 is 5.97 Å². The molecule has 126 valence electrons. The highest BCUT2D eigenvalue weighted by molar-refractivity contribution is 5.68. The number of carbonyl (C=O) groups is 1. The topological polar surface area (TPSA) is 66.8 Å². The molecule has 1 aromatic carbocycles. The number of benzene rings is 1. The quantitative estimate of drug-likeness (QED) is 0.875. The molecular formula is C19H26O4. The Bertz CT molecular complexity index is 597. The van der Waals surface area contributed by atoms with Crippen LogP contribution >= 0.6 is 0 Å². The van der Waals surface area contributed by atoms with Crippen LogP contribution in [-0.2, 0) is 17.6 Å². The fourth-order valence-electron chi connectivity index (χ4n) is 4.83. The highest BCUT2D eigenvalue weighted by Gasteiger charge is 2.52. The van der Waals surface area contributed by atoms with E-state index in [1.54, 1.807) is 0 Å². The van der Waals surface area contributed by atoms with Crippen molar-refractivity contribution in [3.8, 4) is 5.75 Å². The van der Waals surface area contributed by atoms with Crippen molar-refractivity contribution in [1.29, 1.82) is 0 Å². The summed E-state index contributed by atoms with van der Waals surface area (Å²) in [6, 6.07) is 5.93. The molecule has 1 saturated carbocycles. The fraction of sp³-hybridized carbons (Fsp3) is 0.632. The maximum Gasteiger partial charge on any atom is 0.341 e. The van der Waals surface area contributed by atoms with E-state index in [4.69, 9.17) is 9.84 Å². The summed E-state index contributed by atoms with van der Waals surface area (Å²) in [5.41, 5.74) is 2.52. The zero-order valence-electron chi connectivity index (χ0n) is 13.9. The number of carboxylic acids is 1. The van der Waals surface area contributed by atoms with E-state index < -0.39 is 5.97 Å². The number of aliphatic hydroxyl groups is 1. The molecule has 0 amide bonds. The zero-order valence-corrected chi connectivity index (χ0v) is 13.9. The minimum atomic E-state index is -0.956. The first-order valence-corrected chi connectivity index (χ1v) is 8.59. The molecule has 1 aromatic rings. The Kier molecular flexibility index (Phi) is 4.37. The lowest BCUT2D eigenvalue weighted by Gasteiger charge is -2.42. The van der Waals surface area contributed by atoms with Crippen molar-refractivity contribution in [3.05, 3.63) is 29.3 Å². The van der Waals surface area contributed by atoms with Gasteiger partial charge >= 0.3 is 5.97 Å². The van der Waals surface area contributed by atoms with Crippen LogP contribution in [0.15, 0.2) is 18.2 Å². The molecule has 1 fully saturated rings. The van der Waals surface area contributed by atoms with E-state index in [1.807, 2.05) is 12.1 Å². The Hall–Kier alpha value is -1.55. The summed E-state index contributed by atoms with van der Waals surface area (Å²) in [4.78, 5) is 10.8. The maximum atomic E-state index is 10.8. The smallest absolute Gasteiger partial charge is 0.341 e. The van der Waals surface area contributed by atoms with Gasteiger partial charge in [0, 0.05) is 0 Å². The number of carboxylic acid groups (broad SMARTS) is 1. The number of hydrogen-bond donors (Lipinski definition) is 2. The second-order valence-corrected chi connectivity index (χ2v) is 7.36. The fourth-order valence-corrected chi connectivity index (χ4v) is 4.83. The molecule has 0 heterocycles. The minimum Gasteiger partial charge on any atom is -0.482 e. The van der Waals surface area contributed by atoms with Crippen LogP contribution in [0, 0.1) is 17.3 Å². The van der Waals surface area contributed by atoms with Gasteiger partial charge in [0.15, 0.2) is 6.61 Å². The monoisotopic (exact) mass is 318 g/mol. The van der Waals surface area contributed by atoms with Gasteiger partial charge in [0.2, 0.25) is 0 Å². The molecule has 0 aliphatic heterocycles. The summed E-state index contributed by atoms with van der Waals surface area (Å²) in [5.74, 6) is 0.535. The number of hydrogen-bond acceptors (Lipinski definition) is 3. The summed E-state index contributed by atoms with van der Waals surface area (Å²) in [7, 11) is 0. The van der Waals surface area contributed by atoms with Crippen LogP contribution < -0.4 is 4.74 Å². The molecule has 23 heavy (non-hydrogen) atoms. The summed E-state index contributed by atoms with van der Waals surface area (Å²) in [5, 5.41) is 19.4. The highest BCUT2D eigenvalue weighted by atomic mass is 16.5. The lowest BCUT2D eigenvalue weighted by Crippen LogP contribution is -2.37. The molecular weight excluding hydrogens is 292 g/mol. The van der Waals surface area contributed by atoms with Crippen LogP contribution in [0.25, 0.3) is 0 Å². The first kappa shape index (κ1) is 16.3. The van der Waals surface area contributed by atoms with Gasteiger partial charge in [-0.15, -0.1) is 0 Å². The zero-order chi connectivity index (χ0) is 16.6. The van der Waals surface area contributed by atoms with Gasteiger partial charge in [0.05, 0.1) is 6.10 Å². The summed E-state index contributed by atoms with van der Waals surface area (Å²) in [6.07, 6.45) is 4.60. The Morgan fingerprint density at radius 2 is 2.22 bits per heavy atom. The number of aliphatic carboxylic acids is 1. The lowest BCUT2D eigenvalue weighted by atomic mass is 9.63. The van der Waals surface area contributed by atoms with E-state index in [0.29, 0.717) is 17.6 Å². The second-order valence-electron chi connectivity index (χ2n) is 7.36. The Morgan fingerprint density at radius 1 is 1.43 bits per heavy atom. The molecule has 0 unspecified atom stereocenters. The van der Waals surface area contributed by atoms with Crippen molar-refractivity contribution in [2.45, 2.75) is 52.1 Å². The van der Waals surface area contributed by atoms with Crippen LogP contribution in [0.5, 0.6) is 5.75 Å². The van der Waals surface area contributed by atoms with Crippen LogP contribution in [0.4, 0.5) is 0 Å².